The topological polar surface area (TPSA) is 54.5 Å². The predicted octanol–water partition coefficient (Wildman–Crippen LogP) is 3.00. The van der Waals surface area contributed by atoms with Gasteiger partial charge in [-0.3, -0.25) is 0 Å². The number of benzene rings is 1. The largest absolute Gasteiger partial charge is 0.451 e. The van der Waals surface area contributed by atoms with Crippen molar-refractivity contribution in [3.05, 3.63) is 41.2 Å². The van der Waals surface area contributed by atoms with Gasteiger partial charge >= 0.3 is 6.18 Å². The minimum absolute atomic E-state index is 0.196. The van der Waals surface area contributed by atoms with Gasteiger partial charge in [-0.1, -0.05) is 23.9 Å². The van der Waals surface area contributed by atoms with Crippen LogP contribution >= 0.6 is 11.8 Å². The lowest BCUT2D eigenvalue weighted by molar-refractivity contribution is -0.147. The zero-order valence-corrected chi connectivity index (χ0v) is 11.2. The number of rotatable bonds is 3. The number of nitriles is 1. The summed E-state index contributed by atoms with van der Waals surface area (Å²) >= 11 is 1.16. The van der Waals surface area contributed by atoms with Gasteiger partial charge in [0.15, 0.2) is 5.16 Å². The predicted molar refractivity (Wildman–Crippen MR) is 66.7 cm³/mol. The molecule has 0 fully saturated rings. The molecule has 0 bridgehead atoms. The smallest absolute Gasteiger partial charge is 0.302 e. The average molecular weight is 298 g/mol. The van der Waals surface area contributed by atoms with Crippen LogP contribution in [0.1, 0.15) is 17.0 Å². The normalized spacial score (nSPS) is 11.3. The molecule has 2 aromatic rings. The van der Waals surface area contributed by atoms with Crippen LogP contribution in [-0.4, -0.2) is 14.8 Å². The van der Waals surface area contributed by atoms with Crippen molar-refractivity contribution in [2.45, 2.75) is 17.1 Å². The standard InChI is InChI=1S/C12H9F3N4S/c1-19-10(12(13,14)15)17-18-11(19)20-7-9-4-2-8(6-16)3-5-9/h2-5H,7H2,1H3. The first kappa shape index (κ1) is 14.4. The fourth-order valence-corrected chi connectivity index (χ4v) is 2.38. The Bertz CT molecular complexity index is 640. The van der Waals surface area contributed by atoms with Gasteiger partial charge < -0.3 is 4.57 Å². The summed E-state index contributed by atoms with van der Waals surface area (Å²) in [5.41, 5.74) is 1.43. The number of nitrogens with zero attached hydrogens (tertiary/aromatic N) is 4. The molecule has 1 aromatic heterocycles. The Kier molecular flexibility index (Phi) is 3.99. The van der Waals surface area contributed by atoms with Crippen molar-refractivity contribution in [3.63, 3.8) is 0 Å². The first-order valence-corrected chi connectivity index (χ1v) is 6.49. The van der Waals surface area contributed by atoms with Crippen molar-refractivity contribution < 1.29 is 13.2 Å². The van der Waals surface area contributed by atoms with Crippen LogP contribution in [-0.2, 0) is 19.0 Å². The molecule has 2 rings (SSSR count). The number of thioether (sulfide) groups is 1. The van der Waals surface area contributed by atoms with Crippen LogP contribution in [0.25, 0.3) is 0 Å². The summed E-state index contributed by atoms with van der Waals surface area (Å²) in [5.74, 6) is -0.560. The molecule has 0 radical (unpaired) electrons. The molecule has 0 aliphatic heterocycles. The molecule has 0 spiro atoms. The van der Waals surface area contributed by atoms with E-state index < -0.39 is 12.0 Å². The highest BCUT2D eigenvalue weighted by Crippen LogP contribution is 2.30. The molecular weight excluding hydrogens is 289 g/mol. The third-order valence-electron chi connectivity index (χ3n) is 2.54. The first-order chi connectivity index (χ1) is 9.41. The lowest BCUT2D eigenvalue weighted by atomic mass is 10.2. The van der Waals surface area contributed by atoms with Crippen LogP contribution in [0.3, 0.4) is 0 Å². The van der Waals surface area contributed by atoms with E-state index >= 15 is 0 Å². The minimum atomic E-state index is -4.50. The third-order valence-corrected chi connectivity index (χ3v) is 3.63. The van der Waals surface area contributed by atoms with Gasteiger partial charge in [-0.05, 0) is 17.7 Å². The van der Waals surface area contributed by atoms with E-state index in [9.17, 15) is 13.2 Å². The maximum absolute atomic E-state index is 12.5. The summed E-state index contributed by atoms with van der Waals surface area (Å²) in [6, 6.07) is 8.83. The van der Waals surface area contributed by atoms with E-state index in [1.807, 2.05) is 6.07 Å². The van der Waals surface area contributed by atoms with Crippen molar-refractivity contribution in [3.8, 4) is 6.07 Å². The van der Waals surface area contributed by atoms with E-state index in [0.29, 0.717) is 11.3 Å². The maximum Gasteiger partial charge on any atom is 0.451 e. The number of aromatic nitrogens is 3. The lowest BCUT2D eigenvalue weighted by Crippen LogP contribution is -2.12. The zero-order chi connectivity index (χ0) is 14.8. The summed E-state index contributed by atoms with van der Waals surface area (Å²) < 4.78 is 38.6. The van der Waals surface area contributed by atoms with E-state index in [0.717, 1.165) is 21.9 Å². The van der Waals surface area contributed by atoms with Gasteiger partial charge in [0, 0.05) is 12.8 Å². The molecule has 0 aliphatic carbocycles. The van der Waals surface area contributed by atoms with Crippen molar-refractivity contribution in [1.29, 1.82) is 5.26 Å². The second-order valence-electron chi connectivity index (χ2n) is 3.96. The highest BCUT2D eigenvalue weighted by Gasteiger charge is 2.37. The lowest BCUT2D eigenvalue weighted by Gasteiger charge is -2.06. The summed E-state index contributed by atoms with van der Waals surface area (Å²) in [6.07, 6.45) is -4.50. The van der Waals surface area contributed by atoms with Crippen LogP contribution in [0.15, 0.2) is 29.4 Å². The molecule has 4 nitrogen and oxygen atoms in total. The Labute approximate surface area is 117 Å². The van der Waals surface area contributed by atoms with Crippen LogP contribution in [0.2, 0.25) is 0 Å². The van der Waals surface area contributed by atoms with Crippen LogP contribution in [0.5, 0.6) is 0 Å². The summed E-state index contributed by atoms with van der Waals surface area (Å²) in [5, 5.41) is 15.5. The maximum atomic E-state index is 12.5. The van der Waals surface area contributed by atoms with Gasteiger partial charge in [0.25, 0.3) is 0 Å². The zero-order valence-electron chi connectivity index (χ0n) is 10.3. The van der Waals surface area contributed by atoms with Crippen molar-refractivity contribution in [2.75, 3.05) is 0 Å². The van der Waals surface area contributed by atoms with Gasteiger partial charge in [0.05, 0.1) is 11.6 Å². The number of halogens is 3. The van der Waals surface area contributed by atoms with Crippen LogP contribution in [0, 0.1) is 11.3 Å². The van der Waals surface area contributed by atoms with Crippen molar-refractivity contribution in [2.24, 2.45) is 7.05 Å². The SMILES string of the molecule is Cn1c(SCc2ccc(C#N)cc2)nnc1C(F)(F)F. The molecule has 0 saturated carbocycles. The molecule has 0 aliphatic rings. The summed E-state index contributed by atoms with van der Waals surface area (Å²) in [7, 11) is 1.28. The van der Waals surface area contributed by atoms with E-state index in [1.54, 1.807) is 24.3 Å². The van der Waals surface area contributed by atoms with Gasteiger partial charge in [-0.15, -0.1) is 10.2 Å². The van der Waals surface area contributed by atoms with Crippen molar-refractivity contribution >= 4 is 11.8 Å². The molecule has 20 heavy (non-hydrogen) atoms. The Morgan fingerprint density at radius 1 is 1.25 bits per heavy atom. The van der Waals surface area contributed by atoms with E-state index in [1.165, 1.54) is 7.05 Å². The van der Waals surface area contributed by atoms with Crippen LogP contribution < -0.4 is 0 Å². The molecule has 0 atom stereocenters. The monoisotopic (exact) mass is 298 g/mol. The van der Waals surface area contributed by atoms with Gasteiger partial charge in [0.2, 0.25) is 5.82 Å². The number of alkyl halides is 3. The Balaban J connectivity index is 2.08. The molecule has 0 unspecified atom stereocenters. The van der Waals surface area contributed by atoms with E-state index in [4.69, 9.17) is 5.26 Å². The molecular formula is C12H9F3N4S. The number of hydrogen-bond acceptors (Lipinski definition) is 4. The fourth-order valence-electron chi connectivity index (χ4n) is 1.51. The van der Waals surface area contributed by atoms with Gasteiger partial charge in [-0.25, -0.2) is 0 Å². The van der Waals surface area contributed by atoms with E-state index in [2.05, 4.69) is 10.2 Å². The summed E-state index contributed by atoms with van der Waals surface area (Å²) in [6.45, 7) is 0. The molecule has 1 aromatic carbocycles. The number of hydrogen-bond donors (Lipinski definition) is 0. The molecule has 0 amide bonds. The second-order valence-corrected chi connectivity index (χ2v) is 4.90. The van der Waals surface area contributed by atoms with Crippen LogP contribution in [0.4, 0.5) is 13.2 Å². The quantitative estimate of drug-likeness (QED) is 0.817. The molecule has 0 saturated heterocycles. The van der Waals surface area contributed by atoms with Gasteiger partial charge in [-0.2, -0.15) is 18.4 Å². The fraction of sp³-hybridized carbons (Fsp3) is 0.250. The van der Waals surface area contributed by atoms with Crippen molar-refractivity contribution in [1.82, 2.24) is 14.8 Å². The molecule has 1 heterocycles. The Hall–Kier alpha value is -2.01. The van der Waals surface area contributed by atoms with E-state index in [-0.39, 0.29) is 5.16 Å². The summed E-state index contributed by atoms with van der Waals surface area (Å²) in [4.78, 5) is 0. The third kappa shape index (κ3) is 3.11. The Morgan fingerprint density at radius 3 is 2.40 bits per heavy atom. The molecule has 104 valence electrons. The highest BCUT2D eigenvalue weighted by molar-refractivity contribution is 7.98. The molecule has 0 N–H and O–H groups in total. The minimum Gasteiger partial charge on any atom is -0.302 e. The van der Waals surface area contributed by atoms with Gasteiger partial charge in [0.1, 0.15) is 0 Å². The first-order valence-electron chi connectivity index (χ1n) is 5.50. The average Bonchev–Trinajstić information content (AvgIpc) is 2.78. The second kappa shape index (κ2) is 5.54. The molecule has 8 heteroatoms. The highest BCUT2D eigenvalue weighted by atomic mass is 32.2. The Morgan fingerprint density at radius 2 is 1.90 bits per heavy atom.